The number of nitrogens with two attached hydrogens (primary N) is 2. The quantitative estimate of drug-likeness (QED) is 0.730. The van der Waals surface area contributed by atoms with Crippen molar-refractivity contribution in [3.8, 4) is 0 Å². The molecule has 0 aliphatic carbocycles. The van der Waals surface area contributed by atoms with Gasteiger partial charge in [-0.1, -0.05) is 20.4 Å². The van der Waals surface area contributed by atoms with Gasteiger partial charge in [0.25, 0.3) is 0 Å². The van der Waals surface area contributed by atoms with E-state index in [1.54, 1.807) is 0 Å². The predicted molar refractivity (Wildman–Crippen MR) is 72.5 cm³/mol. The van der Waals surface area contributed by atoms with E-state index >= 15 is 0 Å². The molecule has 0 bridgehead atoms. The Kier molecular flexibility index (Phi) is 4.34. The smallest absolute Gasteiger partial charge is 0.399 e. The van der Waals surface area contributed by atoms with Crippen molar-refractivity contribution < 1.29 is 13.2 Å². The van der Waals surface area contributed by atoms with E-state index in [2.05, 4.69) is 11.9 Å². The highest BCUT2D eigenvalue weighted by atomic mass is 19.4. The highest BCUT2D eigenvalue weighted by Gasteiger charge is 2.34. The molecule has 1 rings (SSSR count). The summed E-state index contributed by atoms with van der Waals surface area (Å²) >= 11 is 0. The van der Waals surface area contributed by atoms with E-state index in [0.29, 0.717) is 5.70 Å². The third-order valence-electron chi connectivity index (χ3n) is 3.01. The summed E-state index contributed by atoms with van der Waals surface area (Å²) < 4.78 is 38.4. The summed E-state index contributed by atoms with van der Waals surface area (Å²) in [7, 11) is 0. The molecule has 1 atom stereocenters. The van der Waals surface area contributed by atoms with E-state index in [-0.39, 0.29) is 23.0 Å². The molecule has 0 heterocycles. The normalized spacial score (nSPS) is 13.1. The number of hydrogen-bond donors (Lipinski definition) is 3. The van der Waals surface area contributed by atoms with E-state index in [0.717, 1.165) is 12.5 Å². The largest absolute Gasteiger partial charge is 0.418 e. The zero-order chi connectivity index (χ0) is 14.8. The molecule has 0 aliphatic rings. The van der Waals surface area contributed by atoms with Crippen LogP contribution in [0.15, 0.2) is 24.4 Å². The molecule has 0 saturated heterocycles. The Bertz CT molecular complexity index is 481. The fourth-order valence-electron chi connectivity index (χ4n) is 1.56. The van der Waals surface area contributed by atoms with Crippen LogP contribution in [0.1, 0.15) is 25.8 Å². The minimum Gasteiger partial charge on any atom is -0.399 e. The van der Waals surface area contributed by atoms with Crippen LogP contribution in [0.2, 0.25) is 0 Å². The molecule has 5 N–H and O–H groups in total. The molecule has 0 saturated carbocycles. The summed E-state index contributed by atoms with van der Waals surface area (Å²) in [5.41, 5.74) is 10.5. The van der Waals surface area contributed by atoms with Crippen LogP contribution in [0.25, 0.3) is 0 Å². The zero-order valence-corrected chi connectivity index (χ0v) is 10.9. The number of anilines is 3. The number of rotatable bonds is 4. The lowest BCUT2D eigenvalue weighted by atomic mass is 10.0. The van der Waals surface area contributed by atoms with Gasteiger partial charge in [-0.2, -0.15) is 13.2 Å². The topological polar surface area (TPSA) is 64.1 Å². The molecule has 1 unspecified atom stereocenters. The van der Waals surface area contributed by atoms with E-state index < -0.39 is 11.7 Å². The van der Waals surface area contributed by atoms with Gasteiger partial charge in [0.1, 0.15) is 0 Å². The van der Waals surface area contributed by atoms with Crippen LogP contribution in [-0.4, -0.2) is 0 Å². The van der Waals surface area contributed by atoms with Crippen molar-refractivity contribution in [3.05, 3.63) is 30.0 Å². The fourth-order valence-corrected chi connectivity index (χ4v) is 1.56. The van der Waals surface area contributed by atoms with E-state index in [9.17, 15) is 13.2 Å². The predicted octanol–water partition coefficient (Wildman–Crippen LogP) is 3.84. The molecular weight excluding hydrogens is 255 g/mol. The highest BCUT2D eigenvalue weighted by Crippen LogP contribution is 2.39. The van der Waals surface area contributed by atoms with Crippen molar-refractivity contribution in [2.24, 2.45) is 5.92 Å². The summed E-state index contributed by atoms with van der Waals surface area (Å²) in [6.45, 7) is 7.67. The Labute approximate surface area is 110 Å². The summed E-state index contributed by atoms with van der Waals surface area (Å²) in [5, 5.41) is 2.81. The second-order valence-corrected chi connectivity index (χ2v) is 4.49. The number of hydrogen-bond acceptors (Lipinski definition) is 3. The second kappa shape index (κ2) is 5.42. The minimum absolute atomic E-state index is 0.000904. The number of allylic oxidation sites excluding steroid dienone is 1. The molecule has 1 aromatic rings. The lowest BCUT2D eigenvalue weighted by molar-refractivity contribution is -0.136. The van der Waals surface area contributed by atoms with Crippen LogP contribution in [0, 0.1) is 5.92 Å². The molecule has 0 fully saturated rings. The summed E-state index contributed by atoms with van der Waals surface area (Å²) in [4.78, 5) is 0. The van der Waals surface area contributed by atoms with Crippen LogP contribution in [0.3, 0.4) is 0 Å². The summed E-state index contributed by atoms with van der Waals surface area (Å²) in [6.07, 6.45) is -3.71. The third-order valence-corrected chi connectivity index (χ3v) is 3.01. The molecule has 19 heavy (non-hydrogen) atoms. The van der Waals surface area contributed by atoms with Gasteiger partial charge in [0, 0.05) is 11.4 Å². The first-order valence-electron chi connectivity index (χ1n) is 5.88. The van der Waals surface area contributed by atoms with Gasteiger partial charge in [0.05, 0.1) is 16.9 Å². The van der Waals surface area contributed by atoms with Crippen LogP contribution < -0.4 is 16.8 Å². The van der Waals surface area contributed by atoms with Gasteiger partial charge in [-0.25, -0.2) is 0 Å². The average Bonchev–Trinajstić information content (AvgIpc) is 2.30. The van der Waals surface area contributed by atoms with Crippen LogP contribution in [0.4, 0.5) is 30.2 Å². The van der Waals surface area contributed by atoms with Crippen molar-refractivity contribution in [1.82, 2.24) is 0 Å². The van der Waals surface area contributed by atoms with Gasteiger partial charge in [-0.15, -0.1) is 0 Å². The van der Waals surface area contributed by atoms with Crippen molar-refractivity contribution in [2.45, 2.75) is 26.4 Å². The van der Waals surface area contributed by atoms with Gasteiger partial charge in [0.2, 0.25) is 0 Å². The Hall–Kier alpha value is -1.85. The molecule has 0 radical (unpaired) electrons. The van der Waals surface area contributed by atoms with Gasteiger partial charge in [-0.05, 0) is 24.5 Å². The zero-order valence-electron chi connectivity index (χ0n) is 10.9. The Morgan fingerprint density at radius 1 is 1.37 bits per heavy atom. The van der Waals surface area contributed by atoms with Gasteiger partial charge >= 0.3 is 6.18 Å². The first kappa shape index (κ1) is 15.2. The number of alkyl halides is 3. The van der Waals surface area contributed by atoms with Crippen LogP contribution in [0.5, 0.6) is 0 Å². The number of halogens is 3. The molecular formula is C13H18F3N3. The SMILES string of the molecule is C=C(Nc1cc(N)cc(C(F)(F)F)c1N)C(C)CC. The Balaban J connectivity index is 3.16. The molecule has 3 nitrogen and oxygen atoms in total. The highest BCUT2D eigenvalue weighted by molar-refractivity contribution is 5.76. The molecule has 0 spiro atoms. The van der Waals surface area contributed by atoms with Gasteiger partial charge < -0.3 is 16.8 Å². The fraction of sp³-hybridized carbons (Fsp3) is 0.385. The standard InChI is InChI=1S/C13H18F3N3/c1-4-7(2)8(3)19-11-6-9(17)5-10(12(11)18)13(14,15)16/h5-7,19H,3-4,17-18H2,1-2H3. The average molecular weight is 273 g/mol. The Morgan fingerprint density at radius 3 is 2.42 bits per heavy atom. The maximum Gasteiger partial charge on any atom is 0.418 e. The maximum atomic E-state index is 12.8. The lowest BCUT2D eigenvalue weighted by Crippen LogP contribution is -2.14. The second-order valence-electron chi connectivity index (χ2n) is 4.49. The van der Waals surface area contributed by atoms with Crippen LogP contribution >= 0.6 is 0 Å². The van der Waals surface area contributed by atoms with Crippen molar-refractivity contribution in [2.75, 3.05) is 16.8 Å². The molecule has 1 aromatic carbocycles. The minimum atomic E-state index is -4.53. The molecule has 0 amide bonds. The first-order valence-corrected chi connectivity index (χ1v) is 5.88. The number of nitrogen functional groups attached to an aromatic ring is 2. The van der Waals surface area contributed by atoms with E-state index in [4.69, 9.17) is 11.5 Å². The molecule has 0 aromatic heterocycles. The van der Waals surface area contributed by atoms with Gasteiger partial charge in [-0.3, -0.25) is 0 Å². The lowest BCUT2D eigenvalue weighted by Gasteiger charge is -2.19. The molecule has 0 aliphatic heterocycles. The third kappa shape index (κ3) is 3.56. The van der Waals surface area contributed by atoms with Gasteiger partial charge in [0.15, 0.2) is 0 Å². The maximum absolute atomic E-state index is 12.8. The van der Waals surface area contributed by atoms with Crippen molar-refractivity contribution >= 4 is 17.1 Å². The summed E-state index contributed by atoms with van der Waals surface area (Å²) in [6, 6.07) is 2.20. The van der Waals surface area contributed by atoms with Crippen molar-refractivity contribution in [1.29, 1.82) is 0 Å². The van der Waals surface area contributed by atoms with E-state index in [1.165, 1.54) is 6.07 Å². The van der Waals surface area contributed by atoms with Crippen LogP contribution in [-0.2, 0) is 6.18 Å². The Morgan fingerprint density at radius 2 is 1.95 bits per heavy atom. The first-order chi connectivity index (χ1) is 8.66. The monoisotopic (exact) mass is 273 g/mol. The number of nitrogens with one attached hydrogen (secondary N) is 1. The number of benzene rings is 1. The van der Waals surface area contributed by atoms with E-state index in [1.807, 2.05) is 13.8 Å². The summed E-state index contributed by atoms with van der Waals surface area (Å²) in [5.74, 6) is 0.121. The van der Waals surface area contributed by atoms with Crippen molar-refractivity contribution in [3.63, 3.8) is 0 Å². The molecule has 106 valence electrons. The molecule has 6 heteroatoms.